The highest BCUT2D eigenvalue weighted by Crippen LogP contribution is 2.27. The Morgan fingerprint density at radius 2 is 2.00 bits per heavy atom. The van der Waals surface area contributed by atoms with Gasteiger partial charge in [-0.1, -0.05) is 22.0 Å². The number of nitrogens with zero attached hydrogens (tertiary/aromatic N) is 1. The van der Waals surface area contributed by atoms with Gasteiger partial charge in [-0.2, -0.15) is 0 Å². The van der Waals surface area contributed by atoms with Crippen LogP contribution in [-0.2, 0) is 11.3 Å². The van der Waals surface area contributed by atoms with E-state index < -0.39 is 0 Å². The molecule has 1 saturated carbocycles. The van der Waals surface area contributed by atoms with Crippen LogP contribution in [0.2, 0.25) is 0 Å². The fourth-order valence-electron chi connectivity index (χ4n) is 2.88. The van der Waals surface area contributed by atoms with Crippen LogP contribution in [0.5, 0.6) is 0 Å². The Morgan fingerprint density at radius 3 is 2.67 bits per heavy atom. The van der Waals surface area contributed by atoms with E-state index in [1.54, 1.807) is 0 Å². The van der Waals surface area contributed by atoms with Gasteiger partial charge in [-0.05, 0) is 49.3 Å². The molecule has 0 amide bonds. The molecule has 3 rings (SSSR count). The molecule has 1 saturated heterocycles. The Balaban J connectivity index is 1.57. The molecule has 4 heteroatoms. The first-order chi connectivity index (χ1) is 10.2. The molecule has 3 nitrogen and oxygen atoms in total. The fraction of sp³-hybridized carbons (Fsp3) is 0.647. The number of nitrogens with one attached hydrogen (secondary N) is 1. The maximum atomic E-state index is 5.44. The number of rotatable bonds is 6. The van der Waals surface area contributed by atoms with Gasteiger partial charge < -0.3 is 15.0 Å². The molecule has 0 unspecified atom stereocenters. The molecule has 1 aliphatic heterocycles. The van der Waals surface area contributed by atoms with E-state index in [0.717, 1.165) is 38.3 Å². The van der Waals surface area contributed by atoms with Gasteiger partial charge in [0.2, 0.25) is 0 Å². The average molecular weight is 353 g/mol. The molecule has 2 fully saturated rings. The lowest BCUT2D eigenvalue weighted by Gasteiger charge is -2.28. The normalized spacial score (nSPS) is 19.7. The van der Waals surface area contributed by atoms with Gasteiger partial charge in [-0.3, -0.25) is 0 Å². The Hall–Kier alpha value is -0.580. The monoisotopic (exact) mass is 352 g/mol. The molecule has 0 bridgehead atoms. The smallest absolute Gasteiger partial charge is 0.0469 e. The molecule has 1 N–H and O–H groups in total. The minimum atomic E-state index is 0.757. The van der Waals surface area contributed by atoms with Crippen molar-refractivity contribution in [2.24, 2.45) is 5.92 Å². The van der Waals surface area contributed by atoms with E-state index in [9.17, 15) is 0 Å². The summed E-state index contributed by atoms with van der Waals surface area (Å²) < 4.78 is 6.65. The summed E-state index contributed by atoms with van der Waals surface area (Å²) in [5.74, 6) is 0.763. The molecule has 0 atom stereocenters. The van der Waals surface area contributed by atoms with Crippen molar-refractivity contribution in [2.45, 2.75) is 38.3 Å². The summed E-state index contributed by atoms with van der Waals surface area (Å²) in [6.07, 6.45) is 5.05. The Kier molecular flexibility index (Phi) is 5.19. The standard InChI is InChI=1S/C17H25BrN2O/c1-20(12-13-6-8-21-9-7-13)16-5-2-14(17(18)10-16)11-19-15-3-4-15/h2,5,10,13,15,19H,3-4,6-9,11-12H2,1H3. The lowest BCUT2D eigenvalue weighted by Crippen LogP contribution is -2.29. The minimum Gasteiger partial charge on any atom is -0.381 e. The zero-order valence-electron chi connectivity index (χ0n) is 12.8. The highest BCUT2D eigenvalue weighted by atomic mass is 79.9. The molecule has 2 aliphatic rings. The highest BCUT2D eigenvalue weighted by Gasteiger charge is 2.20. The molecule has 0 aromatic heterocycles. The first-order valence-corrected chi connectivity index (χ1v) is 8.82. The quantitative estimate of drug-likeness (QED) is 0.846. The van der Waals surface area contributed by atoms with Crippen LogP contribution in [0.1, 0.15) is 31.2 Å². The van der Waals surface area contributed by atoms with Crippen molar-refractivity contribution >= 4 is 21.6 Å². The van der Waals surface area contributed by atoms with Crippen LogP contribution in [0, 0.1) is 5.92 Å². The van der Waals surface area contributed by atoms with Gasteiger partial charge in [-0.15, -0.1) is 0 Å². The zero-order valence-corrected chi connectivity index (χ0v) is 14.4. The molecule has 1 aromatic rings. The summed E-state index contributed by atoms with van der Waals surface area (Å²) >= 11 is 3.72. The third-order valence-corrected chi connectivity index (χ3v) is 5.25. The Bertz CT molecular complexity index is 470. The van der Waals surface area contributed by atoms with Crippen molar-refractivity contribution < 1.29 is 4.74 Å². The lowest BCUT2D eigenvalue weighted by molar-refractivity contribution is 0.0685. The molecular formula is C17H25BrN2O. The van der Waals surface area contributed by atoms with E-state index >= 15 is 0 Å². The van der Waals surface area contributed by atoms with Gasteiger partial charge in [0, 0.05) is 49.6 Å². The second-order valence-corrected chi connectivity index (χ2v) is 7.22. The molecule has 1 aromatic carbocycles. The Morgan fingerprint density at radius 1 is 1.24 bits per heavy atom. The van der Waals surface area contributed by atoms with Crippen LogP contribution in [0.3, 0.4) is 0 Å². The number of ether oxygens (including phenoxy) is 1. The van der Waals surface area contributed by atoms with E-state index in [1.165, 1.54) is 41.4 Å². The van der Waals surface area contributed by atoms with Gasteiger partial charge >= 0.3 is 0 Å². The minimum absolute atomic E-state index is 0.757. The lowest BCUT2D eigenvalue weighted by atomic mass is 9.99. The first kappa shape index (κ1) is 15.3. The predicted molar refractivity (Wildman–Crippen MR) is 90.8 cm³/mol. The maximum Gasteiger partial charge on any atom is 0.0469 e. The molecule has 0 radical (unpaired) electrons. The van der Waals surface area contributed by atoms with E-state index in [1.807, 2.05) is 0 Å². The maximum absolute atomic E-state index is 5.44. The number of anilines is 1. The molecule has 0 spiro atoms. The van der Waals surface area contributed by atoms with Crippen LogP contribution in [-0.4, -0.2) is 32.8 Å². The third-order valence-electron chi connectivity index (χ3n) is 4.51. The van der Waals surface area contributed by atoms with Crippen LogP contribution in [0.25, 0.3) is 0 Å². The summed E-state index contributed by atoms with van der Waals surface area (Å²) in [7, 11) is 2.19. The summed E-state index contributed by atoms with van der Waals surface area (Å²) in [4.78, 5) is 2.37. The van der Waals surface area contributed by atoms with E-state index in [-0.39, 0.29) is 0 Å². The van der Waals surface area contributed by atoms with Gasteiger partial charge in [0.1, 0.15) is 0 Å². The summed E-state index contributed by atoms with van der Waals surface area (Å²) in [6.45, 7) is 3.94. The van der Waals surface area contributed by atoms with Crippen molar-refractivity contribution in [1.29, 1.82) is 0 Å². The summed E-state index contributed by atoms with van der Waals surface area (Å²) in [6, 6.07) is 7.50. The highest BCUT2D eigenvalue weighted by molar-refractivity contribution is 9.10. The second-order valence-electron chi connectivity index (χ2n) is 6.37. The average Bonchev–Trinajstić information content (AvgIpc) is 3.31. The predicted octanol–water partition coefficient (Wildman–Crippen LogP) is 3.56. The van der Waals surface area contributed by atoms with Crippen molar-refractivity contribution in [1.82, 2.24) is 5.32 Å². The molecule has 1 aliphatic carbocycles. The molecule has 1 heterocycles. The molecular weight excluding hydrogens is 328 g/mol. The number of benzene rings is 1. The van der Waals surface area contributed by atoms with Gasteiger partial charge in [-0.25, -0.2) is 0 Å². The van der Waals surface area contributed by atoms with Crippen LogP contribution < -0.4 is 10.2 Å². The van der Waals surface area contributed by atoms with Crippen molar-refractivity contribution in [2.75, 3.05) is 31.7 Å². The van der Waals surface area contributed by atoms with Crippen molar-refractivity contribution in [3.63, 3.8) is 0 Å². The third kappa shape index (κ3) is 4.44. The molecule has 21 heavy (non-hydrogen) atoms. The largest absolute Gasteiger partial charge is 0.381 e. The van der Waals surface area contributed by atoms with E-state index in [2.05, 4.69) is 51.4 Å². The van der Waals surface area contributed by atoms with Crippen molar-refractivity contribution in [3.05, 3.63) is 28.2 Å². The van der Waals surface area contributed by atoms with Crippen LogP contribution in [0.4, 0.5) is 5.69 Å². The number of halogens is 1. The SMILES string of the molecule is CN(CC1CCOCC1)c1ccc(CNC2CC2)c(Br)c1. The topological polar surface area (TPSA) is 24.5 Å². The second kappa shape index (κ2) is 7.12. The van der Waals surface area contributed by atoms with Crippen LogP contribution in [0.15, 0.2) is 22.7 Å². The van der Waals surface area contributed by atoms with Crippen LogP contribution >= 0.6 is 15.9 Å². The summed E-state index contributed by atoms with van der Waals surface area (Å²) in [5.41, 5.74) is 2.65. The Labute approximate surface area is 136 Å². The number of hydrogen-bond donors (Lipinski definition) is 1. The number of hydrogen-bond acceptors (Lipinski definition) is 3. The van der Waals surface area contributed by atoms with E-state index in [0.29, 0.717) is 0 Å². The zero-order chi connectivity index (χ0) is 14.7. The van der Waals surface area contributed by atoms with Gasteiger partial charge in [0.05, 0.1) is 0 Å². The molecule has 116 valence electrons. The van der Waals surface area contributed by atoms with Gasteiger partial charge in [0.15, 0.2) is 0 Å². The van der Waals surface area contributed by atoms with Crippen molar-refractivity contribution in [3.8, 4) is 0 Å². The first-order valence-electron chi connectivity index (χ1n) is 8.03. The summed E-state index contributed by atoms with van der Waals surface area (Å²) in [5, 5.41) is 3.57. The fourth-order valence-corrected chi connectivity index (χ4v) is 3.39. The van der Waals surface area contributed by atoms with E-state index in [4.69, 9.17) is 4.74 Å². The van der Waals surface area contributed by atoms with Gasteiger partial charge in [0.25, 0.3) is 0 Å².